The number of hydrogen-bond acceptors (Lipinski definition) is 5. The molecular formula is C11H20N2O2S. The molecule has 1 rings (SSSR count). The van der Waals surface area contributed by atoms with Crippen LogP contribution >= 0.6 is 11.3 Å². The second-order valence-corrected chi connectivity index (χ2v) is 4.72. The van der Waals surface area contributed by atoms with Gasteiger partial charge >= 0.3 is 0 Å². The van der Waals surface area contributed by atoms with Gasteiger partial charge in [-0.1, -0.05) is 0 Å². The number of rotatable bonds is 8. The van der Waals surface area contributed by atoms with E-state index in [9.17, 15) is 0 Å². The zero-order valence-corrected chi connectivity index (χ0v) is 10.7. The van der Waals surface area contributed by atoms with Crippen molar-refractivity contribution in [1.82, 2.24) is 10.3 Å². The molecule has 2 N–H and O–H groups in total. The molecule has 1 aromatic rings. The monoisotopic (exact) mass is 244 g/mol. The predicted molar refractivity (Wildman–Crippen MR) is 65.8 cm³/mol. The first-order chi connectivity index (χ1) is 7.74. The molecule has 0 amide bonds. The molecule has 1 atom stereocenters. The van der Waals surface area contributed by atoms with E-state index >= 15 is 0 Å². The van der Waals surface area contributed by atoms with Gasteiger partial charge in [0.25, 0.3) is 0 Å². The number of ether oxygens (including phenoxy) is 1. The van der Waals surface area contributed by atoms with Gasteiger partial charge in [0.1, 0.15) is 0 Å². The minimum absolute atomic E-state index is 0.0991. The molecule has 1 aromatic heterocycles. The first-order valence-electron chi connectivity index (χ1n) is 5.58. The third-order valence-corrected chi connectivity index (χ3v) is 3.02. The van der Waals surface area contributed by atoms with Crippen molar-refractivity contribution in [2.75, 3.05) is 26.4 Å². The molecule has 1 heterocycles. The Balaban J connectivity index is 2.09. The fourth-order valence-electron chi connectivity index (χ4n) is 1.34. The highest BCUT2D eigenvalue weighted by molar-refractivity contribution is 7.09. The van der Waals surface area contributed by atoms with Crippen molar-refractivity contribution in [2.24, 2.45) is 0 Å². The van der Waals surface area contributed by atoms with Crippen LogP contribution in [0.4, 0.5) is 0 Å². The molecule has 1 unspecified atom stereocenters. The Hall–Kier alpha value is -0.490. The molecule has 92 valence electrons. The van der Waals surface area contributed by atoms with Gasteiger partial charge in [-0.3, -0.25) is 0 Å². The molecule has 0 aliphatic heterocycles. The van der Waals surface area contributed by atoms with E-state index in [1.165, 1.54) is 0 Å². The standard InChI is InChI=1S/C11H20N2O2S/c1-9(11-8-16-10(2)13-11)12-4-3-6-15-7-5-14/h8-9,12,14H,3-7H2,1-2H3. The number of nitrogens with zero attached hydrogens (tertiary/aromatic N) is 1. The van der Waals surface area contributed by atoms with Gasteiger partial charge < -0.3 is 15.2 Å². The minimum Gasteiger partial charge on any atom is -0.394 e. The number of aliphatic hydroxyl groups is 1. The first-order valence-corrected chi connectivity index (χ1v) is 6.46. The number of aliphatic hydroxyl groups excluding tert-OH is 1. The third-order valence-electron chi connectivity index (χ3n) is 2.23. The Bertz CT molecular complexity index is 291. The van der Waals surface area contributed by atoms with Crippen LogP contribution in [0.3, 0.4) is 0 Å². The lowest BCUT2D eigenvalue weighted by molar-refractivity contribution is 0.0904. The summed E-state index contributed by atoms with van der Waals surface area (Å²) in [7, 11) is 0. The maximum absolute atomic E-state index is 8.51. The number of thiazole rings is 1. The van der Waals surface area contributed by atoms with Crippen molar-refractivity contribution in [2.45, 2.75) is 26.3 Å². The van der Waals surface area contributed by atoms with Gasteiger partial charge in [0, 0.05) is 18.0 Å². The zero-order valence-electron chi connectivity index (χ0n) is 9.90. The van der Waals surface area contributed by atoms with E-state index in [1.807, 2.05) is 6.92 Å². The Labute approximate surface area is 101 Å². The molecule has 16 heavy (non-hydrogen) atoms. The molecular weight excluding hydrogens is 224 g/mol. The van der Waals surface area contributed by atoms with Crippen molar-refractivity contribution in [3.63, 3.8) is 0 Å². The third kappa shape index (κ3) is 5.03. The van der Waals surface area contributed by atoms with Crippen LogP contribution in [0.25, 0.3) is 0 Å². The van der Waals surface area contributed by atoms with Crippen molar-refractivity contribution >= 4 is 11.3 Å². The van der Waals surface area contributed by atoms with E-state index < -0.39 is 0 Å². The summed E-state index contributed by atoms with van der Waals surface area (Å²) in [5.41, 5.74) is 1.11. The lowest BCUT2D eigenvalue weighted by atomic mass is 10.2. The van der Waals surface area contributed by atoms with E-state index in [-0.39, 0.29) is 6.61 Å². The van der Waals surface area contributed by atoms with Gasteiger partial charge in [-0.05, 0) is 26.8 Å². The molecule has 4 nitrogen and oxygen atoms in total. The van der Waals surface area contributed by atoms with Crippen LogP contribution in [0.1, 0.15) is 30.1 Å². The quantitative estimate of drug-likeness (QED) is 0.681. The van der Waals surface area contributed by atoms with Gasteiger partial charge in [0.2, 0.25) is 0 Å². The Morgan fingerprint density at radius 1 is 1.56 bits per heavy atom. The maximum atomic E-state index is 8.51. The van der Waals surface area contributed by atoms with Crippen LogP contribution in [0.5, 0.6) is 0 Å². The molecule has 0 spiro atoms. The number of nitrogens with one attached hydrogen (secondary N) is 1. The van der Waals surface area contributed by atoms with E-state index in [0.717, 1.165) is 23.7 Å². The number of hydrogen-bond donors (Lipinski definition) is 2. The Morgan fingerprint density at radius 2 is 2.38 bits per heavy atom. The smallest absolute Gasteiger partial charge is 0.0898 e. The Morgan fingerprint density at radius 3 is 3.00 bits per heavy atom. The van der Waals surface area contributed by atoms with E-state index in [4.69, 9.17) is 9.84 Å². The van der Waals surface area contributed by atoms with Crippen LogP contribution in [0, 0.1) is 6.92 Å². The topological polar surface area (TPSA) is 54.4 Å². The lowest BCUT2D eigenvalue weighted by Crippen LogP contribution is -2.21. The molecule has 0 aliphatic carbocycles. The van der Waals surface area contributed by atoms with Crippen molar-refractivity contribution < 1.29 is 9.84 Å². The van der Waals surface area contributed by atoms with E-state index in [0.29, 0.717) is 19.3 Å². The van der Waals surface area contributed by atoms with Gasteiger partial charge in [-0.15, -0.1) is 11.3 Å². The summed E-state index contributed by atoms with van der Waals surface area (Å²) >= 11 is 1.68. The summed E-state index contributed by atoms with van der Waals surface area (Å²) < 4.78 is 5.17. The summed E-state index contributed by atoms with van der Waals surface area (Å²) in [6.45, 7) is 6.26. The summed E-state index contributed by atoms with van der Waals surface area (Å²) in [6, 6.07) is 0.294. The van der Waals surface area contributed by atoms with Gasteiger partial charge in [-0.25, -0.2) is 4.98 Å². The van der Waals surface area contributed by atoms with Crippen molar-refractivity contribution in [1.29, 1.82) is 0 Å². The second-order valence-electron chi connectivity index (χ2n) is 3.66. The van der Waals surface area contributed by atoms with Gasteiger partial charge in [0.15, 0.2) is 0 Å². The second kappa shape index (κ2) is 7.73. The molecule has 0 fully saturated rings. The SMILES string of the molecule is Cc1nc(C(C)NCCCOCCO)cs1. The highest BCUT2D eigenvalue weighted by Gasteiger charge is 2.07. The molecule has 0 aromatic carbocycles. The normalized spacial score (nSPS) is 12.9. The fraction of sp³-hybridized carbons (Fsp3) is 0.727. The maximum Gasteiger partial charge on any atom is 0.0898 e. The van der Waals surface area contributed by atoms with E-state index in [2.05, 4.69) is 22.6 Å². The van der Waals surface area contributed by atoms with Crippen LogP contribution < -0.4 is 5.32 Å². The average Bonchev–Trinajstić information content (AvgIpc) is 2.70. The molecule has 0 radical (unpaired) electrons. The lowest BCUT2D eigenvalue weighted by Gasteiger charge is -2.11. The molecule has 5 heteroatoms. The predicted octanol–water partition coefficient (Wildman–Crippen LogP) is 1.50. The van der Waals surface area contributed by atoms with Gasteiger partial charge in [-0.2, -0.15) is 0 Å². The molecule has 0 saturated heterocycles. The molecule has 0 aliphatic rings. The van der Waals surface area contributed by atoms with Gasteiger partial charge in [0.05, 0.1) is 23.9 Å². The largest absolute Gasteiger partial charge is 0.394 e. The van der Waals surface area contributed by atoms with Crippen LogP contribution in [-0.2, 0) is 4.74 Å². The molecule has 0 saturated carbocycles. The van der Waals surface area contributed by atoms with Crippen molar-refractivity contribution in [3.8, 4) is 0 Å². The van der Waals surface area contributed by atoms with Crippen LogP contribution in [0.2, 0.25) is 0 Å². The highest BCUT2D eigenvalue weighted by Crippen LogP contribution is 2.15. The zero-order chi connectivity index (χ0) is 11.8. The molecule has 0 bridgehead atoms. The minimum atomic E-state index is 0.0991. The summed E-state index contributed by atoms with van der Waals surface area (Å²) in [5, 5.41) is 15.1. The first kappa shape index (κ1) is 13.6. The number of aromatic nitrogens is 1. The highest BCUT2D eigenvalue weighted by atomic mass is 32.1. The Kier molecular flexibility index (Phi) is 6.56. The summed E-state index contributed by atoms with van der Waals surface area (Å²) in [4.78, 5) is 4.43. The van der Waals surface area contributed by atoms with E-state index in [1.54, 1.807) is 11.3 Å². The van der Waals surface area contributed by atoms with Crippen LogP contribution in [-0.4, -0.2) is 36.5 Å². The van der Waals surface area contributed by atoms with Crippen molar-refractivity contribution in [3.05, 3.63) is 16.1 Å². The summed E-state index contributed by atoms with van der Waals surface area (Å²) in [6.07, 6.45) is 0.952. The number of aryl methyl sites for hydroxylation is 1. The fourth-order valence-corrected chi connectivity index (χ4v) is 2.05. The average molecular weight is 244 g/mol. The van der Waals surface area contributed by atoms with Crippen LogP contribution in [0.15, 0.2) is 5.38 Å². The summed E-state index contributed by atoms with van der Waals surface area (Å²) in [5.74, 6) is 0.